The van der Waals surface area contributed by atoms with E-state index in [0.717, 1.165) is 77.9 Å². The molecular weight excluding hydrogens is 856 g/mol. The second kappa shape index (κ2) is 18.3. The number of hydrogen-bond acceptors (Lipinski definition) is 10. The van der Waals surface area contributed by atoms with E-state index in [0.29, 0.717) is 29.9 Å². The molecule has 4 saturated heterocycles. The average molecular weight is 926 g/mol. The number of ketones is 1. The van der Waals surface area contributed by atoms with Gasteiger partial charge in [-0.1, -0.05) is 55.2 Å². The van der Waals surface area contributed by atoms with Crippen LogP contribution in [-0.2, 0) is 36.1 Å². The van der Waals surface area contributed by atoms with E-state index in [2.05, 4.69) is 128 Å². The van der Waals surface area contributed by atoms with Crippen LogP contribution in [0, 0.1) is 16.7 Å². The molecule has 2 N–H and O–H groups in total. The molecule has 9 rings (SSSR count). The van der Waals surface area contributed by atoms with Gasteiger partial charge in [0.05, 0.1) is 35.9 Å². The molecule has 1 aromatic heterocycles. The number of carbonyl (C=O) groups excluding carboxylic acids is 1. The maximum absolute atomic E-state index is 17.0. The Morgan fingerprint density at radius 1 is 0.923 bits per heavy atom. The Bertz CT molecular complexity index is 2340. The molecule has 1 aliphatic carbocycles. The number of ether oxygens (including phenoxy) is 2. The maximum atomic E-state index is 17.0. The summed E-state index contributed by atoms with van der Waals surface area (Å²) >= 11 is 13.2. The number of likely N-dealkylation sites (tertiary alicyclic amines) is 2. The van der Waals surface area contributed by atoms with Gasteiger partial charge in [-0.15, -0.1) is 0 Å². The van der Waals surface area contributed by atoms with Gasteiger partial charge in [0.15, 0.2) is 5.78 Å². The maximum Gasteiger partial charge on any atom is 0.153 e. The van der Waals surface area contributed by atoms with Crippen LogP contribution in [0.25, 0.3) is 11.3 Å². The molecule has 13 heteroatoms. The van der Waals surface area contributed by atoms with Crippen molar-refractivity contribution in [2.24, 2.45) is 23.8 Å². The predicted octanol–water partition coefficient (Wildman–Crippen LogP) is 7.78. The zero-order valence-corrected chi connectivity index (χ0v) is 41.5. The smallest absolute Gasteiger partial charge is 0.153 e. The van der Waals surface area contributed by atoms with E-state index in [1.807, 2.05) is 42.6 Å². The van der Waals surface area contributed by atoms with E-state index in [1.54, 1.807) is 7.11 Å². The van der Waals surface area contributed by atoms with Crippen LogP contribution >= 0.6 is 23.2 Å². The van der Waals surface area contributed by atoms with Gasteiger partial charge >= 0.3 is 0 Å². The molecule has 350 valence electrons. The topological polar surface area (TPSA) is 90.4 Å². The summed E-state index contributed by atoms with van der Waals surface area (Å²) in [6.45, 7) is 12.1. The number of nitrogens with one attached hydrogen (secondary N) is 2. The predicted molar refractivity (Wildman–Crippen MR) is 261 cm³/mol. The number of nitrogens with zero attached hydrogens (tertiary/aromatic N) is 6. The van der Waals surface area contributed by atoms with Crippen LogP contribution in [0.4, 0.5) is 0 Å². The third-order valence-electron chi connectivity index (χ3n) is 16.8. The zero-order valence-electron chi connectivity index (χ0n) is 40.0. The van der Waals surface area contributed by atoms with E-state index in [1.165, 1.54) is 5.56 Å². The standard InChI is InChI=1S/C52H70Cl2N8O3/c1-11-51-45-22-31(2)48(51)59(7)32(3)26-55-44-25-39(23-34-12-17-37(53)18-13-34)60(8)49-41(30-64-10)57-47(52(44,49)50(51)63)33(4)62(45)28-36-14-19-38(54)24-43(36)65-40-20-15-35(16-21-40)42-27-56-46(61(42)9)29-58(5)6/h12-21,24,27,31-33,39,41,44-45,47-49,55,57H,11,22-23,25-26,28-30H2,1-10H3/t31-,32+,33+,39+,41-,44?,45?,47?,48?,49?,51?,52?/m1/s1. The number of carbonyl (C=O) groups is 1. The van der Waals surface area contributed by atoms with E-state index < -0.39 is 10.8 Å². The quantitative estimate of drug-likeness (QED) is 0.147. The van der Waals surface area contributed by atoms with Crippen molar-refractivity contribution in [2.45, 2.75) is 121 Å². The highest BCUT2D eigenvalue weighted by molar-refractivity contribution is 6.31. The number of halogens is 2. The summed E-state index contributed by atoms with van der Waals surface area (Å²) in [4.78, 5) is 31.7. The lowest BCUT2D eigenvalue weighted by Crippen LogP contribution is -2.73. The number of likely N-dealkylation sites (N-methyl/N-ethyl adjacent to an activating group) is 2. The molecule has 65 heavy (non-hydrogen) atoms. The van der Waals surface area contributed by atoms with E-state index >= 15 is 4.79 Å². The Balaban J connectivity index is 1.12. The first kappa shape index (κ1) is 46.7. The first-order valence-electron chi connectivity index (χ1n) is 23.8. The molecule has 3 aromatic carbocycles. The van der Waals surface area contributed by atoms with E-state index in [-0.39, 0.29) is 54.4 Å². The fourth-order valence-electron chi connectivity index (χ4n) is 13.8. The van der Waals surface area contributed by atoms with Gasteiger partial charge in [-0.3, -0.25) is 19.5 Å². The summed E-state index contributed by atoms with van der Waals surface area (Å²) in [5.74, 6) is 3.21. The molecule has 5 aliphatic rings. The summed E-state index contributed by atoms with van der Waals surface area (Å²) in [5.41, 5.74) is 3.06. The lowest BCUT2D eigenvalue weighted by molar-refractivity contribution is -0.154. The number of Topliss-reactive ketones (excluding diaryl/α,β-unsaturated/α-hetero) is 1. The van der Waals surface area contributed by atoms with Gasteiger partial charge in [-0.25, -0.2) is 4.98 Å². The summed E-state index contributed by atoms with van der Waals surface area (Å²) in [5, 5.41) is 9.74. The van der Waals surface area contributed by atoms with Gasteiger partial charge in [0.1, 0.15) is 17.3 Å². The monoisotopic (exact) mass is 924 g/mol. The number of imidazole rings is 1. The van der Waals surface area contributed by atoms with Crippen molar-refractivity contribution in [1.29, 1.82) is 0 Å². The van der Waals surface area contributed by atoms with Crippen LogP contribution in [0.5, 0.6) is 11.5 Å². The van der Waals surface area contributed by atoms with Crippen LogP contribution in [-0.4, -0.2) is 138 Å². The molecule has 4 aliphatic heterocycles. The molecule has 2 bridgehead atoms. The number of hydrogen-bond donors (Lipinski definition) is 2. The number of aromatic nitrogens is 2. The molecule has 11 nitrogen and oxygen atoms in total. The van der Waals surface area contributed by atoms with Gasteiger partial charge in [0.25, 0.3) is 0 Å². The van der Waals surface area contributed by atoms with Crippen LogP contribution in [0.15, 0.2) is 72.9 Å². The summed E-state index contributed by atoms with van der Waals surface area (Å²) in [7, 11) is 12.5. The van der Waals surface area contributed by atoms with Crippen molar-refractivity contribution in [1.82, 2.24) is 39.8 Å². The van der Waals surface area contributed by atoms with Crippen LogP contribution in [0.3, 0.4) is 0 Å². The molecule has 4 aromatic rings. The second-order valence-corrected chi connectivity index (χ2v) is 21.4. The SMILES string of the molecule is CCC12C(=O)C34C5C[C@H](Cc6ccc(Cl)cc6)N(C)C3[C@@H](COC)NC4[C@H](C)N(Cc3ccc(Cl)cc3Oc3ccc(-c4cnc(CN(C)C)n4C)cc3)C1C[C@@H](C)C2N(C)[C@@H](C)CN5. The highest BCUT2D eigenvalue weighted by Crippen LogP contribution is 2.62. The lowest BCUT2D eigenvalue weighted by Gasteiger charge is -2.57. The molecule has 5 fully saturated rings. The van der Waals surface area contributed by atoms with Crippen molar-refractivity contribution in [3.63, 3.8) is 0 Å². The van der Waals surface area contributed by atoms with Crippen molar-refractivity contribution < 1.29 is 14.3 Å². The Morgan fingerprint density at radius 3 is 2.34 bits per heavy atom. The van der Waals surface area contributed by atoms with Crippen LogP contribution in [0.1, 0.15) is 63.9 Å². The Hall–Kier alpha value is -3.36. The molecule has 0 radical (unpaired) electrons. The average Bonchev–Trinajstić information content (AvgIpc) is 3.92. The first-order chi connectivity index (χ1) is 31.1. The summed E-state index contributed by atoms with van der Waals surface area (Å²) in [6.07, 6.45) is 5.37. The lowest BCUT2D eigenvalue weighted by atomic mass is 9.54. The zero-order chi connectivity index (χ0) is 46.1. The molecule has 0 amide bonds. The molecule has 7 unspecified atom stereocenters. The first-order valence-corrected chi connectivity index (χ1v) is 24.6. The Kier molecular flexibility index (Phi) is 13.1. The van der Waals surface area contributed by atoms with E-state index in [4.69, 9.17) is 37.7 Å². The van der Waals surface area contributed by atoms with Gasteiger partial charge in [-0.05, 0) is 128 Å². The van der Waals surface area contributed by atoms with Crippen LogP contribution in [0.2, 0.25) is 10.0 Å². The molecule has 12 atom stereocenters. The molecular formula is C52H70Cl2N8O3. The summed E-state index contributed by atoms with van der Waals surface area (Å²) < 4.78 is 15.1. The van der Waals surface area contributed by atoms with Gasteiger partial charge in [0, 0.05) is 103 Å². The third-order valence-corrected chi connectivity index (χ3v) is 17.3. The third kappa shape index (κ3) is 7.79. The highest BCUT2D eigenvalue weighted by atomic mass is 35.5. The van der Waals surface area contributed by atoms with Gasteiger partial charge < -0.3 is 29.6 Å². The van der Waals surface area contributed by atoms with Crippen molar-refractivity contribution in [3.8, 4) is 22.8 Å². The molecule has 5 heterocycles. The minimum absolute atomic E-state index is 0.00268. The largest absolute Gasteiger partial charge is 0.457 e. The number of benzene rings is 3. The highest BCUT2D eigenvalue weighted by Gasteiger charge is 2.76. The van der Waals surface area contributed by atoms with Crippen LogP contribution < -0.4 is 15.4 Å². The normalized spacial score (nSPS) is 34.0. The van der Waals surface area contributed by atoms with Crippen molar-refractivity contribution in [2.75, 3.05) is 48.5 Å². The van der Waals surface area contributed by atoms with Gasteiger partial charge in [-0.2, -0.15) is 0 Å². The number of rotatable bonds is 12. The number of methoxy groups -OCH3 is 1. The minimum atomic E-state index is -0.730. The number of piperidine rings is 1. The Labute approximate surface area is 397 Å². The fourth-order valence-corrected chi connectivity index (χ4v) is 14.1. The summed E-state index contributed by atoms with van der Waals surface area (Å²) in [6, 6.07) is 22.8. The van der Waals surface area contributed by atoms with E-state index in [9.17, 15) is 0 Å². The van der Waals surface area contributed by atoms with Crippen molar-refractivity contribution >= 4 is 29.0 Å². The van der Waals surface area contributed by atoms with Gasteiger partial charge in [0.2, 0.25) is 0 Å². The molecule has 1 spiro atoms. The second-order valence-electron chi connectivity index (χ2n) is 20.5. The molecule has 1 saturated carbocycles. The minimum Gasteiger partial charge on any atom is -0.457 e. The Morgan fingerprint density at radius 2 is 1.65 bits per heavy atom. The fraction of sp³-hybridized carbons (Fsp3) is 0.577. The van der Waals surface area contributed by atoms with Crippen molar-refractivity contribution in [3.05, 3.63) is 99.9 Å².